The van der Waals surface area contributed by atoms with E-state index in [1.54, 1.807) is 28.8 Å². The minimum absolute atomic E-state index is 0.0481. The Hall–Kier alpha value is -2.21. The van der Waals surface area contributed by atoms with Gasteiger partial charge in [0.25, 0.3) is 0 Å². The van der Waals surface area contributed by atoms with Crippen LogP contribution in [0.25, 0.3) is 6.20 Å². The Labute approximate surface area is 121 Å². The van der Waals surface area contributed by atoms with Gasteiger partial charge in [0.05, 0.1) is 17.6 Å². The summed E-state index contributed by atoms with van der Waals surface area (Å²) in [6.07, 6.45) is 5.36. The molecular weight excluding hydrogens is 272 g/mol. The number of aromatic nitrogens is 2. The number of fused-ring (bicyclic) bond motifs is 1. The molecule has 0 aliphatic carbocycles. The first-order valence-electron chi connectivity index (χ1n) is 6.21. The van der Waals surface area contributed by atoms with E-state index in [4.69, 9.17) is 0 Å². The molecule has 0 saturated carbocycles. The first kappa shape index (κ1) is 12.8. The first-order valence-corrected chi connectivity index (χ1v) is 7.19. The standard InChI is InChI=1S/C14H14N4OS/c1-2-18-8-10(7-16-18)6-15-11-3-4-13-12(5-11)17-14(19)9-20-13/h2-5,7-8,15H,1,6,9H2,(H,17,19). The summed E-state index contributed by atoms with van der Waals surface area (Å²) in [4.78, 5) is 12.5. The molecule has 1 aliphatic heterocycles. The van der Waals surface area contributed by atoms with Crippen LogP contribution in [0.2, 0.25) is 0 Å². The predicted octanol–water partition coefficient (Wildman–Crippen LogP) is 2.64. The SMILES string of the molecule is C=Cn1cc(CNc2ccc3c(c2)NC(=O)CS3)cn1. The summed E-state index contributed by atoms with van der Waals surface area (Å²) in [7, 11) is 0. The molecule has 2 N–H and O–H groups in total. The fraction of sp³-hybridized carbons (Fsp3) is 0.143. The van der Waals surface area contributed by atoms with Crippen LogP contribution in [0.5, 0.6) is 0 Å². The van der Waals surface area contributed by atoms with Crippen LogP contribution in [0.1, 0.15) is 5.56 Å². The third-order valence-corrected chi connectivity index (χ3v) is 4.02. The molecule has 0 fully saturated rings. The van der Waals surface area contributed by atoms with E-state index >= 15 is 0 Å². The summed E-state index contributed by atoms with van der Waals surface area (Å²) in [6, 6.07) is 5.99. The summed E-state index contributed by atoms with van der Waals surface area (Å²) in [5.41, 5.74) is 2.91. The van der Waals surface area contributed by atoms with Crippen LogP contribution in [-0.2, 0) is 11.3 Å². The van der Waals surface area contributed by atoms with Crippen LogP contribution in [0.4, 0.5) is 11.4 Å². The molecule has 1 amide bonds. The summed E-state index contributed by atoms with van der Waals surface area (Å²) < 4.78 is 1.67. The molecule has 0 unspecified atom stereocenters. The van der Waals surface area contributed by atoms with Crippen LogP contribution in [0, 0.1) is 0 Å². The van der Waals surface area contributed by atoms with Crippen molar-refractivity contribution < 1.29 is 4.79 Å². The number of carbonyl (C=O) groups excluding carboxylic acids is 1. The topological polar surface area (TPSA) is 59.0 Å². The number of rotatable bonds is 4. The second-order valence-corrected chi connectivity index (χ2v) is 5.43. The van der Waals surface area contributed by atoms with E-state index in [2.05, 4.69) is 22.3 Å². The molecule has 0 saturated heterocycles. The normalized spacial score (nSPS) is 13.5. The Morgan fingerprint density at radius 2 is 2.45 bits per heavy atom. The second kappa shape index (κ2) is 5.42. The van der Waals surface area contributed by atoms with E-state index < -0.39 is 0 Å². The van der Waals surface area contributed by atoms with Gasteiger partial charge in [-0.25, -0.2) is 4.68 Å². The van der Waals surface area contributed by atoms with Crippen molar-refractivity contribution in [3.05, 3.63) is 42.7 Å². The van der Waals surface area contributed by atoms with E-state index in [-0.39, 0.29) is 5.91 Å². The number of thioether (sulfide) groups is 1. The number of anilines is 2. The van der Waals surface area contributed by atoms with Gasteiger partial charge >= 0.3 is 0 Å². The van der Waals surface area contributed by atoms with Crippen molar-refractivity contribution in [1.82, 2.24) is 9.78 Å². The second-order valence-electron chi connectivity index (χ2n) is 4.41. The van der Waals surface area contributed by atoms with Crippen LogP contribution in [0.3, 0.4) is 0 Å². The molecule has 0 spiro atoms. The fourth-order valence-electron chi connectivity index (χ4n) is 1.97. The number of hydrogen-bond acceptors (Lipinski definition) is 4. The summed E-state index contributed by atoms with van der Waals surface area (Å²) in [6.45, 7) is 4.33. The highest BCUT2D eigenvalue weighted by Gasteiger charge is 2.15. The Bertz CT molecular complexity index is 665. The van der Waals surface area contributed by atoms with Crippen molar-refractivity contribution in [2.75, 3.05) is 16.4 Å². The zero-order valence-corrected chi connectivity index (χ0v) is 11.6. The van der Waals surface area contributed by atoms with Gasteiger partial charge in [0.15, 0.2) is 0 Å². The van der Waals surface area contributed by atoms with Gasteiger partial charge < -0.3 is 10.6 Å². The number of carbonyl (C=O) groups is 1. The lowest BCUT2D eigenvalue weighted by molar-refractivity contribution is -0.113. The lowest BCUT2D eigenvalue weighted by Gasteiger charge is -2.17. The Balaban J connectivity index is 1.70. The molecule has 20 heavy (non-hydrogen) atoms. The van der Waals surface area contributed by atoms with Gasteiger partial charge in [-0.2, -0.15) is 5.10 Å². The van der Waals surface area contributed by atoms with E-state index in [0.29, 0.717) is 12.3 Å². The lowest BCUT2D eigenvalue weighted by Crippen LogP contribution is -2.18. The van der Waals surface area contributed by atoms with Crippen LogP contribution in [0.15, 0.2) is 42.1 Å². The maximum Gasteiger partial charge on any atom is 0.234 e. The molecule has 0 radical (unpaired) electrons. The van der Waals surface area contributed by atoms with Crippen molar-refractivity contribution in [1.29, 1.82) is 0 Å². The molecule has 102 valence electrons. The number of nitrogens with one attached hydrogen (secondary N) is 2. The molecule has 5 nitrogen and oxygen atoms in total. The summed E-state index contributed by atoms with van der Waals surface area (Å²) in [5, 5.41) is 10.3. The molecule has 2 heterocycles. The van der Waals surface area contributed by atoms with E-state index in [1.807, 2.05) is 24.4 Å². The molecule has 1 aromatic carbocycles. The number of nitrogens with zero attached hydrogens (tertiary/aromatic N) is 2. The van der Waals surface area contributed by atoms with Gasteiger partial charge in [0.1, 0.15) is 0 Å². The van der Waals surface area contributed by atoms with E-state index in [0.717, 1.165) is 21.8 Å². The van der Waals surface area contributed by atoms with Crippen molar-refractivity contribution in [3.8, 4) is 0 Å². The van der Waals surface area contributed by atoms with Gasteiger partial charge in [-0.3, -0.25) is 4.79 Å². The Kier molecular flexibility index (Phi) is 3.47. The maximum atomic E-state index is 11.4. The Morgan fingerprint density at radius 3 is 3.25 bits per heavy atom. The fourth-order valence-corrected chi connectivity index (χ4v) is 2.75. The van der Waals surface area contributed by atoms with E-state index in [9.17, 15) is 4.79 Å². The van der Waals surface area contributed by atoms with Gasteiger partial charge in [0, 0.05) is 35.1 Å². The highest BCUT2D eigenvalue weighted by molar-refractivity contribution is 8.00. The summed E-state index contributed by atoms with van der Waals surface area (Å²) in [5.74, 6) is 0.535. The van der Waals surface area contributed by atoms with Crippen molar-refractivity contribution in [3.63, 3.8) is 0 Å². The minimum atomic E-state index is 0.0481. The average molecular weight is 286 g/mol. The zero-order valence-electron chi connectivity index (χ0n) is 10.8. The van der Waals surface area contributed by atoms with Gasteiger partial charge in [-0.15, -0.1) is 11.8 Å². The molecule has 0 atom stereocenters. The number of benzene rings is 1. The van der Waals surface area contributed by atoms with Gasteiger partial charge in [0.2, 0.25) is 5.91 Å². The van der Waals surface area contributed by atoms with Crippen molar-refractivity contribution in [2.24, 2.45) is 0 Å². The van der Waals surface area contributed by atoms with Gasteiger partial charge in [-0.1, -0.05) is 6.58 Å². The number of hydrogen-bond donors (Lipinski definition) is 2. The summed E-state index contributed by atoms with van der Waals surface area (Å²) >= 11 is 1.56. The van der Waals surface area contributed by atoms with Crippen molar-refractivity contribution >= 4 is 35.2 Å². The molecule has 3 rings (SSSR count). The Morgan fingerprint density at radius 1 is 1.55 bits per heavy atom. The van der Waals surface area contributed by atoms with E-state index in [1.165, 1.54) is 0 Å². The van der Waals surface area contributed by atoms with Gasteiger partial charge in [-0.05, 0) is 18.2 Å². The van der Waals surface area contributed by atoms with Crippen molar-refractivity contribution in [2.45, 2.75) is 11.4 Å². The third-order valence-electron chi connectivity index (χ3n) is 2.95. The van der Waals surface area contributed by atoms with Crippen LogP contribution < -0.4 is 10.6 Å². The van der Waals surface area contributed by atoms with Crippen LogP contribution in [-0.4, -0.2) is 21.4 Å². The predicted molar refractivity (Wildman–Crippen MR) is 81.7 cm³/mol. The molecule has 0 bridgehead atoms. The highest BCUT2D eigenvalue weighted by atomic mass is 32.2. The molecule has 2 aromatic rings. The molecule has 6 heteroatoms. The third kappa shape index (κ3) is 2.70. The smallest absolute Gasteiger partial charge is 0.234 e. The van der Waals surface area contributed by atoms with Crippen LogP contribution >= 0.6 is 11.8 Å². The molecule has 1 aliphatic rings. The average Bonchev–Trinajstić information content (AvgIpc) is 2.92. The quantitative estimate of drug-likeness (QED) is 0.907. The zero-order chi connectivity index (χ0) is 13.9. The molecular formula is C14H14N4OS. The molecule has 1 aromatic heterocycles. The minimum Gasteiger partial charge on any atom is -0.381 e. The number of amides is 1. The first-order chi connectivity index (χ1) is 9.74. The monoisotopic (exact) mass is 286 g/mol. The largest absolute Gasteiger partial charge is 0.381 e. The maximum absolute atomic E-state index is 11.4. The highest BCUT2D eigenvalue weighted by Crippen LogP contribution is 2.33. The lowest BCUT2D eigenvalue weighted by atomic mass is 10.2.